The number of amides is 2. The monoisotopic (exact) mass is 335 g/mol. The van der Waals surface area contributed by atoms with E-state index in [9.17, 15) is 9.59 Å². The van der Waals surface area contributed by atoms with Gasteiger partial charge in [0.25, 0.3) is 0 Å². The highest BCUT2D eigenvalue weighted by molar-refractivity contribution is 6.31. The van der Waals surface area contributed by atoms with Gasteiger partial charge in [-0.3, -0.25) is 9.59 Å². The van der Waals surface area contributed by atoms with E-state index in [2.05, 4.69) is 20.8 Å². The Morgan fingerprint density at radius 2 is 2.09 bits per heavy atom. The van der Waals surface area contributed by atoms with Gasteiger partial charge in [-0.2, -0.15) is 0 Å². The molecule has 0 aliphatic heterocycles. The fraction of sp³-hybridized carbons (Fsp3) is 0.333. The molecule has 2 N–H and O–H groups in total. The number of carbonyl (C=O) groups is 2. The third-order valence-electron chi connectivity index (χ3n) is 3.34. The summed E-state index contributed by atoms with van der Waals surface area (Å²) in [5.41, 5.74) is 1.37. The Morgan fingerprint density at radius 1 is 1.30 bits per heavy atom. The van der Waals surface area contributed by atoms with E-state index < -0.39 is 0 Å². The maximum absolute atomic E-state index is 11.9. The normalized spacial score (nSPS) is 10.4. The lowest BCUT2D eigenvalue weighted by Gasteiger charge is -2.09. The van der Waals surface area contributed by atoms with Crippen LogP contribution >= 0.6 is 11.6 Å². The Bertz CT molecular complexity index is 714. The van der Waals surface area contributed by atoms with Crippen molar-refractivity contribution >= 4 is 29.1 Å². The van der Waals surface area contributed by atoms with Crippen molar-refractivity contribution in [2.24, 2.45) is 7.05 Å². The summed E-state index contributed by atoms with van der Waals surface area (Å²) in [6.45, 7) is 2.20. The number of aromatic nitrogens is 3. The van der Waals surface area contributed by atoms with Gasteiger partial charge in [0.05, 0.1) is 0 Å². The summed E-state index contributed by atoms with van der Waals surface area (Å²) in [4.78, 5) is 23.7. The van der Waals surface area contributed by atoms with Crippen molar-refractivity contribution in [2.45, 2.75) is 19.8 Å². The Hall–Kier alpha value is -2.41. The molecule has 0 aliphatic carbocycles. The minimum absolute atomic E-state index is 0.245. The van der Waals surface area contributed by atoms with Crippen LogP contribution in [0.15, 0.2) is 24.5 Å². The second-order valence-electron chi connectivity index (χ2n) is 5.10. The topological polar surface area (TPSA) is 88.9 Å². The van der Waals surface area contributed by atoms with Crippen LogP contribution in [0.1, 0.15) is 17.8 Å². The van der Waals surface area contributed by atoms with Gasteiger partial charge in [-0.25, -0.2) is 0 Å². The third kappa shape index (κ3) is 4.79. The van der Waals surface area contributed by atoms with Gasteiger partial charge in [-0.15, -0.1) is 10.2 Å². The van der Waals surface area contributed by atoms with Gasteiger partial charge >= 0.3 is 0 Å². The Morgan fingerprint density at radius 3 is 2.78 bits per heavy atom. The molecule has 0 saturated heterocycles. The molecule has 1 aromatic heterocycles. The predicted molar refractivity (Wildman–Crippen MR) is 87.2 cm³/mol. The second kappa shape index (κ2) is 7.73. The zero-order valence-electron chi connectivity index (χ0n) is 13.0. The largest absolute Gasteiger partial charge is 0.355 e. The van der Waals surface area contributed by atoms with Crippen LogP contribution in [0.2, 0.25) is 5.02 Å². The van der Waals surface area contributed by atoms with Crippen LogP contribution in [-0.4, -0.2) is 33.1 Å². The van der Waals surface area contributed by atoms with Crippen LogP contribution in [-0.2, 0) is 23.1 Å². The molecule has 8 heteroatoms. The molecule has 122 valence electrons. The molecular formula is C15H18ClN5O2. The van der Waals surface area contributed by atoms with E-state index in [1.54, 1.807) is 36.0 Å². The molecule has 2 rings (SSSR count). The summed E-state index contributed by atoms with van der Waals surface area (Å²) in [7, 11) is 1.83. The van der Waals surface area contributed by atoms with Gasteiger partial charge < -0.3 is 15.2 Å². The van der Waals surface area contributed by atoms with Crippen LogP contribution in [0.5, 0.6) is 0 Å². The molecule has 0 unspecified atom stereocenters. The first-order chi connectivity index (χ1) is 11.0. The molecule has 7 nitrogen and oxygen atoms in total. The van der Waals surface area contributed by atoms with E-state index in [0.717, 1.165) is 11.4 Å². The highest BCUT2D eigenvalue weighted by Gasteiger charge is 2.11. The number of hydrogen-bond donors (Lipinski definition) is 2. The highest BCUT2D eigenvalue weighted by atomic mass is 35.5. The zero-order valence-corrected chi connectivity index (χ0v) is 13.7. The highest BCUT2D eigenvalue weighted by Crippen LogP contribution is 2.22. The first kappa shape index (κ1) is 17.0. The van der Waals surface area contributed by atoms with Gasteiger partial charge in [-0.1, -0.05) is 17.7 Å². The fourth-order valence-corrected chi connectivity index (χ4v) is 2.17. The zero-order chi connectivity index (χ0) is 16.8. The van der Waals surface area contributed by atoms with Crippen molar-refractivity contribution in [2.75, 3.05) is 11.9 Å². The number of anilines is 1. The molecule has 0 bridgehead atoms. The molecule has 0 fully saturated rings. The number of halogens is 1. The van der Waals surface area contributed by atoms with Crippen LogP contribution < -0.4 is 10.6 Å². The SMILES string of the molecule is Cc1c(Cl)cccc1NC(=O)CC(=O)NCCc1nncn1C. The maximum Gasteiger partial charge on any atom is 0.233 e. The average Bonchev–Trinajstić information content (AvgIpc) is 2.89. The summed E-state index contributed by atoms with van der Waals surface area (Å²) >= 11 is 5.99. The van der Waals surface area contributed by atoms with Crippen molar-refractivity contribution in [1.82, 2.24) is 20.1 Å². The molecule has 1 heterocycles. The Kier molecular flexibility index (Phi) is 5.70. The molecular weight excluding hydrogens is 318 g/mol. The molecule has 0 spiro atoms. The third-order valence-corrected chi connectivity index (χ3v) is 3.75. The first-order valence-corrected chi connectivity index (χ1v) is 7.49. The van der Waals surface area contributed by atoms with Gasteiger partial charge in [0.1, 0.15) is 18.6 Å². The molecule has 23 heavy (non-hydrogen) atoms. The quantitative estimate of drug-likeness (QED) is 0.782. The fourth-order valence-electron chi connectivity index (χ4n) is 1.99. The van der Waals surface area contributed by atoms with Crippen molar-refractivity contribution in [1.29, 1.82) is 0 Å². The minimum Gasteiger partial charge on any atom is -0.355 e. The lowest BCUT2D eigenvalue weighted by Crippen LogP contribution is -2.30. The lowest BCUT2D eigenvalue weighted by atomic mass is 10.2. The van der Waals surface area contributed by atoms with Gasteiger partial charge in [-0.05, 0) is 24.6 Å². The van der Waals surface area contributed by atoms with Crippen LogP contribution in [0, 0.1) is 6.92 Å². The predicted octanol–water partition coefficient (Wildman–Crippen LogP) is 1.46. The van der Waals surface area contributed by atoms with Crippen molar-refractivity contribution < 1.29 is 9.59 Å². The minimum atomic E-state index is -0.383. The number of carbonyl (C=O) groups excluding carboxylic acids is 2. The van der Waals surface area contributed by atoms with Gasteiger partial charge in [0, 0.05) is 30.7 Å². The van der Waals surface area contributed by atoms with Crippen molar-refractivity contribution in [3.63, 3.8) is 0 Å². The van der Waals surface area contributed by atoms with Crippen LogP contribution in [0.3, 0.4) is 0 Å². The Labute approximate surface area is 139 Å². The molecule has 0 aliphatic rings. The number of rotatable bonds is 6. The van der Waals surface area contributed by atoms with Crippen LogP contribution in [0.4, 0.5) is 5.69 Å². The smallest absolute Gasteiger partial charge is 0.233 e. The van der Waals surface area contributed by atoms with Crippen molar-refractivity contribution in [3.05, 3.63) is 40.9 Å². The van der Waals surface area contributed by atoms with E-state index >= 15 is 0 Å². The second-order valence-corrected chi connectivity index (χ2v) is 5.50. The summed E-state index contributed by atoms with van der Waals surface area (Å²) in [6.07, 6.45) is 1.90. The van der Waals surface area contributed by atoms with Gasteiger partial charge in [0.15, 0.2) is 0 Å². The number of benzene rings is 1. The standard InChI is InChI=1S/C15H18ClN5O2/c1-10-11(16)4-3-5-12(10)19-15(23)8-14(22)17-7-6-13-20-18-9-21(13)2/h3-5,9H,6-8H2,1-2H3,(H,17,22)(H,19,23). The molecule has 2 aromatic rings. The number of aryl methyl sites for hydroxylation is 1. The maximum atomic E-state index is 11.9. The van der Waals surface area contributed by atoms with E-state index in [4.69, 9.17) is 11.6 Å². The van der Waals surface area contributed by atoms with E-state index in [1.165, 1.54) is 0 Å². The number of hydrogen-bond acceptors (Lipinski definition) is 4. The van der Waals surface area contributed by atoms with E-state index in [0.29, 0.717) is 23.7 Å². The van der Waals surface area contributed by atoms with Crippen LogP contribution in [0.25, 0.3) is 0 Å². The van der Waals surface area contributed by atoms with Crippen molar-refractivity contribution in [3.8, 4) is 0 Å². The summed E-state index contributed by atoms with van der Waals surface area (Å²) in [5, 5.41) is 13.6. The van der Waals surface area contributed by atoms with Gasteiger partial charge in [0.2, 0.25) is 11.8 Å². The molecule has 0 radical (unpaired) electrons. The van der Waals surface area contributed by atoms with E-state index in [-0.39, 0.29) is 18.2 Å². The number of nitrogens with one attached hydrogen (secondary N) is 2. The van der Waals surface area contributed by atoms with E-state index in [1.807, 2.05) is 7.05 Å². The lowest BCUT2D eigenvalue weighted by molar-refractivity contribution is -0.126. The summed E-state index contributed by atoms with van der Waals surface area (Å²) in [6, 6.07) is 5.22. The molecule has 1 aromatic carbocycles. The summed E-state index contributed by atoms with van der Waals surface area (Å²) < 4.78 is 1.78. The molecule has 0 atom stereocenters. The Balaban J connectivity index is 1.77. The number of nitrogens with zero attached hydrogens (tertiary/aromatic N) is 3. The molecule has 0 saturated carbocycles. The first-order valence-electron chi connectivity index (χ1n) is 7.12. The summed E-state index contributed by atoms with van der Waals surface area (Å²) in [5.74, 6) is 0.0418. The molecule has 2 amide bonds. The average molecular weight is 336 g/mol.